The molecular weight excluding hydrogens is 243 g/mol. The average Bonchev–Trinajstić information content (AvgIpc) is 2.11. The smallest absolute Gasteiger partial charge is 0.314 e. The molecule has 0 aromatic rings. The Hall–Kier alpha value is -0.0600. The van der Waals surface area contributed by atoms with Gasteiger partial charge in [0, 0.05) is 0 Å². The Morgan fingerprint density at radius 1 is 1.06 bits per heavy atom. The van der Waals surface area contributed by atoms with E-state index < -0.39 is 18.4 Å². The molecule has 1 atom stereocenters. The predicted molar refractivity (Wildman–Crippen MR) is 73.0 cm³/mol. The maximum Gasteiger partial charge on any atom is 0.314 e. The van der Waals surface area contributed by atoms with Crippen molar-refractivity contribution in [1.29, 1.82) is 0 Å². The Balaban J connectivity index is 0. The van der Waals surface area contributed by atoms with E-state index in [9.17, 15) is 9.59 Å². The van der Waals surface area contributed by atoms with Gasteiger partial charge in [0.05, 0.1) is 0 Å². The second-order valence-electron chi connectivity index (χ2n) is 6.20. The molecule has 0 aromatic heterocycles. The van der Waals surface area contributed by atoms with Gasteiger partial charge in [-0.1, -0.05) is 0 Å². The minimum absolute atomic E-state index is 0.508. The minimum atomic E-state index is -1.31. The Bertz CT molecular complexity index is 255. The van der Waals surface area contributed by atoms with Crippen LogP contribution in [0, 0.1) is 5.41 Å². The summed E-state index contributed by atoms with van der Waals surface area (Å²) in [6.45, 7) is 11.8. The zero-order chi connectivity index (χ0) is 15.0. The summed E-state index contributed by atoms with van der Waals surface area (Å²) in [5, 5.41) is 15.4. The third-order valence-corrected chi connectivity index (χ3v) is 5.49. The molecule has 0 bridgehead atoms. The van der Waals surface area contributed by atoms with Crippen LogP contribution < -0.4 is 0 Å². The summed E-state index contributed by atoms with van der Waals surface area (Å²) in [6.07, 6.45) is 3.35. The van der Waals surface area contributed by atoms with Crippen molar-refractivity contribution < 1.29 is 19.8 Å². The van der Waals surface area contributed by atoms with Crippen LogP contribution in [0.25, 0.3) is 0 Å². The molecule has 0 aliphatic heterocycles. The molecule has 5 heteroatoms. The molecule has 0 aliphatic rings. The van der Waals surface area contributed by atoms with Gasteiger partial charge < -0.3 is 10.2 Å². The SMILES string of the molecule is CCCC[C](C)([Na])C(C)(C)C.O=C(O)CC(=O)O. The van der Waals surface area contributed by atoms with Crippen molar-refractivity contribution >= 4 is 39.9 Å². The second-order valence-corrected chi connectivity index (χ2v) is 8.41. The minimum Gasteiger partial charge on any atom is -0.481 e. The van der Waals surface area contributed by atoms with E-state index in [4.69, 9.17) is 10.2 Å². The third-order valence-electron chi connectivity index (χ3n) is 3.49. The molecule has 0 saturated carbocycles. The van der Waals surface area contributed by atoms with Crippen molar-refractivity contribution in [2.24, 2.45) is 5.41 Å². The Morgan fingerprint density at radius 3 is 1.61 bits per heavy atom. The summed E-state index contributed by atoms with van der Waals surface area (Å²) in [5.74, 6) is -2.62. The van der Waals surface area contributed by atoms with Crippen molar-refractivity contribution in [2.45, 2.75) is 63.0 Å². The Labute approximate surface area is 128 Å². The largest absolute Gasteiger partial charge is 0.481 e. The second kappa shape index (κ2) is 8.94. The molecule has 0 saturated heterocycles. The molecule has 18 heavy (non-hydrogen) atoms. The van der Waals surface area contributed by atoms with Crippen LogP contribution in [-0.4, -0.2) is 50.1 Å². The van der Waals surface area contributed by atoms with Crippen LogP contribution in [0.1, 0.15) is 60.3 Å². The standard InChI is InChI=1S/C10H21.C3H4O4.Na/c1-6-7-8-9(2)10(3,4)5;4-2(5)1-3(6)7;/h6-8H2,1-5H3;1H2,(H,4,5)(H,6,7);. The van der Waals surface area contributed by atoms with Gasteiger partial charge in [-0.05, 0) is 0 Å². The van der Waals surface area contributed by atoms with E-state index in [1.165, 1.54) is 47.2 Å². The molecule has 1 unspecified atom stereocenters. The zero-order valence-corrected chi connectivity index (χ0v) is 14.5. The van der Waals surface area contributed by atoms with Gasteiger partial charge >= 0.3 is 102 Å². The summed E-state index contributed by atoms with van der Waals surface area (Å²) in [7, 11) is 0. The van der Waals surface area contributed by atoms with Gasteiger partial charge in [-0.25, -0.2) is 0 Å². The molecule has 0 amide bonds. The van der Waals surface area contributed by atoms with E-state index in [-0.39, 0.29) is 0 Å². The van der Waals surface area contributed by atoms with E-state index in [2.05, 4.69) is 34.6 Å². The molecule has 0 rings (SSSR count). The van der Waals surface area contributed by atoms with E-state index in [1.807, 2.05) is 0 Å². The first-order valence-corrected chi connectivity index (χ1v) is 7.37. The molecule has 0 aromatic carbocycles. The maximum atomic E-state index is 9.43. The van der Waals surface area contributed by atoms with Gasteiger partial charge in [0.2, 0.25) is 0 Å². The number of aliphatic carboxylic acids is 2. The molecule has 102 valence electrons. The molecular formula is C13H25NaO4. The van der Waals surface area contributed by atoms with Gasteiger partial charge in [-0.15, -0.1) is 0 Å². The Morgan fingerprint density at radius 2 is 1.44 bits per heavy atom. The monoisotopic (exact) mass is 268 g/mol. The summed E-state index contributed by atoms with van der Waals surface area (Å²) < 4.78 is 0.628. The van der Waals surface area contributed by atoms with Crippen LogP contribution in [0.4, 0.5) is 0 Å². The topological polar surface area (TPSA) is 74.6 Å². The summed E-state index contributed by atoms with van der Waals surface area (Å²) in [5.41, 5.74) is 0.508. The number of hydrogen-bond acceptors (Lipinski definition) is 2. The first-order chi connectivity index (χ1) is 7.94. The van der Waals surface area contributed by atoms with Crippen LogP contribution in [0.3, 0.4) is 0 Å². The fraction of sp³-hybridized carbons (Fsp3) is 0.846. The molecule has 4 nitrogen and oxygen atoms in total. The number of rotatable bonds is 5. The summed E-state index contributed by atoms with van der Waals surface area (Å²) in [4.78, 5) is 18.9. The summed E-state index contributed by atoms with van der Waals surface area (Å²) in [6, 6.07) is 0. The fourth-order valence-electron chi connectivity index (χ4n) is 1.12. The van der Waals surface area contributed by atoms with E-state index in [0.717, 1.165) is 0 Å². The van der Waals surface area contributed by atoms with Crippen molar-refractivity contribution in [2.75, 3.05) is 0 Å². The van der Waals surface area contributed by atoms with Crippen LogP contribution in [0.5, 0.6) is 0 Å². The zero-order valence-electron chi connectivity index (χ0n) is 12.5. The number of carbonyl (C=O) groups is 2. The quantitative estimate of drug-likeness (QED) is 0.593. The van der Waals surface area contributed by atoms with Crippen LogP contribution in [0.15, 0.2) is 0 Å². The average molecular weight is 268 g/mol. The number of carboxylic acid groups (broad SMARTS) is 2. The number of carboxylic acids is 2. The first-order valence-electron chi connectivity index (χ1n) is 6.37. The van der Waals surface area contributed by atoms with Crippen molar-refractivity contribution in [3.63, 3.8) is 0 Å². The molecule has 2 N–H and O–H groups in total. The van der Waals surface area contributed by atoms with Crippen LogP contribution in [0.2, 0.25) is 2.66 Å². The normalized spacial score (nSPS) is 14.2. The third kappa shape index (κ3) is 11.1. The molecule has 0 aliphatic carbocycles. The number of unbranched alkanes of at least 4 members (excludes halogenated alkanes) is 1. The van der Waals surface area contributed by atoms with Crippen LogP contribution in [-0.2, 0) is 9.59 Å². The van der Waals surface area contributed by atoms with E-state index >= 15 is 0 Å². The van der Waals surface area contributed by atoms with Gasteiger partial charge in [0.1, 0.15) is 6.42 Å². The molecule has 0 fully saturated rings. The van der Waals surface area contributed by atoms with Crippen LogP contribution >= 0.6 is 0 Å². The summed E-state index contributed by atoms with van der Waals surface area (Å²) >= 11 is 1.32. The van der Waals surface area contributed by atoms with Gasteiger partial charge in [0.25, 0.3) is 0 Å². The van der Waals surface area contributed by atoms with Gasteiger partial charge in [-0.2, -0.15) is 0 Å². The van der Waals surface area contributed by atoms with Crippen molar-refractivity contribution in [3.05, 3.63) is 0 Å². The van der Waals surface area contributed by atoms with E-state index in [1.54, 1.807) is 0 Å². The van der Waals surface area contributed by atoms with Gasteiger partial charge in [0.15, 0.2) is 0 Å². The molecule has 0 radical (unpaired) electrons. The Kier molecular flexibility index (Phi) is 10.1. The fourth-order valence-corrected chi connectivity index (χ4v) is 1.48. The predicted octanol–water partition coefficient (Wildman–Crippen LogP) is 3.12. The molecule has 0 spiro atoms. The maximum absolute atomic E-state index is 9.43. The van der Waals surface area contributed by atoms with E-state index in [0.29, 0.717) is 8.08 Å². The van der Waals surface area contributed by atoms with Crippen molar-refractivity contribution in [1.82, 2.24) is 0 Å². The van der Waals surface area contributed by atoms with Gasteiger partial charge in [-0.3, -0.25) is 9.59 Å². The van der Waals surface area contributed by atoms with Crippen molar-refractivity contribution in [3.8, 4) is 0 Å². The first kappa shape index (κ1) is 20.3. The molecule has 0 heterocycles. The number of hydrogen-bond donors (Lipinski definition) is 2.